The van der Waals surface area contributed by atoms with Gasteiger partial charge in [-0.25, -0.2) is 19.3 Å². The number of rotatable bonds is 5. The summed E-state index contributed by atoms with van der Waals surface area (Å²) in [5, 5.41) is 2.94. The lowest BCUT2D eigenvalue weighted by Crippen LogP contribution is -2.26. The summed E-state index contributed by atoms with van der Waals surface area (Å²) >= 11 is 0. The minimum absolute atomic E-state index is 0.0755. The summed E-state index contributed by atoms with van der Waals surface area (Å²) in [6, 6.07) is 5.62. The van der Waals surface area contributed by atoms with Crippen molar-refractivity contribution in [3.05, 3.63) is 84.4 Å². The number of amides is 1. The van der Waals surface area contributed by atoms with Crippen molar-refractivity contribution in [2.24, 2.45) is 0 Å². The number of fused-ring (bicyclic) bond motifs is 2. The molecule has 5 aromatic rings. The second kappa shape index (κ2) is 9.22. The number of imidazole rings is 1. The van der Waals surface area contributed by atoms with E-state index >= 15 is 4.39 Å². The number of pyridine rings is 3. The second-order valence-electron chi connectivity index (χ2n) is 9.29. The Morgan fingerprint density at radius 1 is 1.11 bits per heavy atom. The Hall–Kier alpha value is -4.86. The summed E-state index contributed by atoms with van der Waals surface area (Å²) in [4.78, 5) is 41.3. The van der Waals surface area contributed by atoms with Crippen LogP contribution < -0.4 is 5.32 Å². The van der Waals surface area contributed by atoms with E-state index in [1.54, 1.807) is 25.4 Å². The molecule has 0 fully saturated rings. The van der Waals surface area contributed by atoms with Gasteiger partial charge in [0.15, 0.2) is 11.6 Å². The van der Waals surface area contributed by atoms with E-state index in [0.29, 0.717) is 34.7 Å². The Labute approximate surface area is 217 Å². The third-order valence-corrected chi connectivity index (χ3v) is 6.86. The molecular formula is C28H23FN8O. The molecular weight excluding hydrogens is 483 g/mol. The first kappa shape index (κ1) is 23.5. The maximum absolute atomic E-state index is 16.1. The monoisotopic (exact) mass is 506 g/mol. The Kier molecular flexibility index (Phi) is 5.71. The van der Waals surface area contributed by atoms with Crippen molar-refractivity contribution in [3.8, 4) is 22.8 Å². The third-order valence-electron chi connectivity index (χ3n) is 6.86. The molecule has 0 saturated carbocycles. The topological polar surface area (TPSA) is 122 Å². The van der Waals surface area contributed by atoms with Gasteiger partial charge in [-0.1, -0.05) is 13.0 Å². The number of H-pyrrole nitrogens is 1. The van der Waals surface area contributed by atoms with Crippen LogP contribution in [0.1, 0.15) is 43.6 Å². The molecule has 10 heteroatoms. The van der Waals surface area contributed by atoms with Crippen LogP contribution in [0.4, 0.5) is 10.1 Å². The van der Waals surface area contributed by atoms with Crippen molar-refractivity contribution in [1.82, 2.24) is 34.9 Å². The number of carbonyl (C=O) groups excluding carboxylic acids is 1. The minimum Gasteiger partial charge on any atom is -0.339 e. The Balaban J connectivity index is 1.48. The Morgan fingerprint density at radius 3 is 2.76 bits per heavy atom. The van der Waals surface area contributed by atoms with E-state index < -0.39 is 5.82 Å². The molecule has 5 aromatic heterocycles. The fourth-order valence-corrected chi connectivity index (χ4v) is 4.81. The zero-order chi connectivity index (χ0) is 26.3. The van der Waals surface area contributed by atoms with Crippen LogP contribution in [0.15, 0.2) is 61.6 Å². The summed E-state index contributed by atoms with van der Waals surface area (Å²) in [5.41, 5.74) is 4.07. The van der Waals surface area contributed by atoms with Gasteiger partial charge in [0.2, 0.25) is 5.91 Å². The van der Waals surface area contributed by atoms with E-state index in [0.717, 1.165) is 23.4 Å². The molecule has 0 saturated heterocycles. The molecule has 188 valence electrons. The molecule has 0 radical (unpaired) electrons. The van der Waals surface area contributed by atoms with Crippen LogP contribution in [0.3, 0.4) is 0 Å². The van der Waals surface area contributed by atoms with Gasteiger partial charge in [-0.05, 0) is 43.2 Å². The van der Waals surface area contributed by atoms with E-state index in [2.05, 4.69) is 48.2 Å². The van der Waals surface area contributed by atoms with E-state index in [4.69, 9.17) is 4.98 Å². The number of allylic oxidation sites excluding steroid dienone is 1. The number of aromatic amines is 1. The Bertz CT molecular complexity index is 1720. The highest BCUT2D eigenvalue weighted by Crippen LogP contribution is 2.41. The molecule has 1 unspecified atom stereocenters. The molecule has 0 spiro atoms. The van der Waals surface area contributed by atoms with E-state index in [-0.39, 0.29) is 22.4 Å². The van der Waals surface area contributed by atoms with Crippen LogP contribution in [-0.2, 0) is 10.2 Å². The second-order valence-corrected chi connectivity index (χ2v) is 9.29. The first-order valence-electron chi connectivity index (χ1n) is 12.2. The van der Waals surface area contributed by atoms with Crippen molar-refractivity contribution < 1.29 is 9.18 Å². The summed E-state index contributed by atoms with van der Waals surface area (Å²) in [7, 11) is 0. The minimum atomic E-state index is -0.597. The lowest BCUT2D eigenvalue weighted by Gasteiger charge is -2.30. The summed E-state index contributed by atoms with van der Waals surface area (Å²) in [6.07, 6.45) is 14.6. The molecule has 0 aromatic carbocycles. The number of nitrogens with zero attached hydrogens (tertiary/aromatic N) is 6. The zero-order valence-corrected chi connectivity index (χ0v) is 20.7. The molecule has 1 aliphatic carbocycles. The lowest BCUT2D eigenvalue weighted by atomic mass is 9.74. The van der Waals surface area contributed by atoms with E-state index in [1.807, 2.05) is 18.2 Å². The van der Waals surface area contributed by atoms with Gasteiger partial charge in [0, 0.05) is 36.0 Å². The fraction of sp³-hybridized carbons (Fsp3) is 0.179. The molecule has 0 bridgehead atoms. The van der Waals surface area contributed by atoms with E-state index in [1.165, 1.54) is 24.9 Å². The molecule has 1 amide bonds. The van der Waals surface area contributed by atoms with Crippen LogP contribution in [0.25, 0.3) is 39.8 Å². The van der Waals surface area contributed by atoms with Gasteiger partial charge in [0.1, 0.15) is 17.7 Å². The van der Waals surface area contributed by atoms with Crippen LogP contribution in [0.5, 0.6) is 0 Å². The number of halogens is 1. The van der Waals surface area contributed by atoms with Crippen LogP contribution in [0, 0.1) is 5.82 Å². The number of hydrogen-bond donors (Lipinski definition) is 2. The van der Waals surface area contributed by atoms with Crippen LogP contribution in [-0.4, -0.2) is 40.8 Å². The summed E-state index contributed by atoms with van der Waals surface area (Å²) in [6.45, 7) is 3.89. The number of nitrogens with one attached hydrogen (secondary N) is 2. The smallest absolute Gasteiger partial charge is 0.224 e. The first-order valence-corrected chi connectivity index (χ1v) is 12.2. The van der Waals surface area contributed by atoms with Crippen molar-refractivity contribution in [2.45, 2.75) is 32.1 Å². The van der Waals surface area contributed by atoms with Gasteiger partial charge in [0.25, 0.3) is 0 Å². The van der Waals surface area contributed by atoms with Gasteiger partial charge in [-0.3, -0.25) is 19.7 Å². The van der Waals surface area contributed by atoms with Gasteiger partial charge in [-0.15, -0.1) is 0 Å². The maximum Gasteiger partial charge on any atom is 0.224 e. The summed E-state index contributed by atoms with van der Waals surface area (Å²) < 4.78 is 16.1. The van der Waals surface area contributed by atoms with Crippen LogP contribution >= 0.6 is 0 Å². The average Bonchev–Trinajstić information content (AvgIpc) is 3.39. The molecule has 9 nitrogen and oxygen atoms in total. The standard InChI is InChI=1S/C28H23FN8O/c1-3-21(38)35-18-11-16(12-31-13-18)24-23(29)22-20(14-32-24)33-15-34-25(22)27-36-19-5-4-8-28(2,26(19)37-27)17-6-9-30-10-7-17/h4-7,9-15H,3,8H2,1-2H3,(H,35,38)(H,36,37). The third kappa shape index (κ3) is 3.90. The van der Waals surface area contributed by atoms with Crippen molar-refractivity contribution in [3.63, 3.8) is 0 Å². The van der Waals surface area contributed by atoms with E-state index in [9.17, 15) is 4.79 Å². The predicted octanol–water partition coefficient (Wildman–Crippen LogP) is 5.08. The maximum atomic E-state index is 16.1. The van der Waals surface area contributed by atoms with Gasteiger partial charge < -0.3 is 10.3 Å². The molecule has 38 heavy (non-hydrogen) atoms. The Morgan fingerprint density at radius 2 is 1.95 bits per heavy atom. The number of anilines is 1. The molecule has 0 aliphatic heterocycles. The molecule has 2 N–H and O–H groups in total. The highest BCUT2D eigenvalue weighted by Gasteiger charge is 2.35. The SMILES string of the molecule is CCC(=O)Nc1cncc(-c2ncc3ncnc(-c4nc5c([nH]4)C(C)(c4ccncc4)CC=C5)c3c2F)c1. The van der Waals surface area contributed by atoms with Crippen molar-refractivity contribution in [2.75, 3.05) is 5.32 Å². The quantitative estimate of drug-likeness (QED) is 0.341. The fourth-order valence-electron chi connectivity index (χ4n) is 4.81. The highest BCUT2D eigenvalue weighted by molar-refractivity contribution is 5.94. The first-order chi connectivity index (χ1) is 18.5. The largest absolute Gasteiger partial charge is 0.339 e. The normalized spacial score (nSPS) is 16.4. The zero-order valence-electron chi connectivity index (χ0n) is 20.7. The predicted molar refractivity (Wildman–Crippen MR) is 141 cm³/mol. The number of carbonyl (C=O) groups is 1. The van der Waals surface area contributed by atoms with Gasteiger partial charge >= 0.3 is 0 Å². The number of aromatic nitrogens is 7. The summed E-state index contributed by atoms with van der Waals surface area (Å²) in [5.74, 6) is -0.325. The highest BCUT2D eigenvalue weighted by atomic mass is 19.1. The molecule has 5 heterocycles. The molecule has 1 aliphatic rings. The molecule has 1 atom stereocenters. The van der Waals surface area contributed by atoms with Gasteiger partial charge in [0.05, 0.1) is 40.4 Å². The molecule has 6 rings (SSSR count). The van der Waals surface area contributed by atoms with Crippen molar-refractivity contribution in [1.29, 1.82) is 0 Å². The van der Waals surface area contributed by atoms with Crippen molar-refractivity contribution >= 4 is 28.6 Å². The van der Waals surface area contributed by atoms with Crippen LogP contribution in [0.2, 0.25) is 0 Å². The average molecular weight is 507 g/mol. The number of hydrogen-bond acceptors (Lipinski definition) is 7. The van der Waals surface area contributed by atoms with Gasteiger partial charge in [-0.2, -0.15) is 0 Å². The lowest BCUT2D eigenvalue weighted by molar-refractivity contribution is -0.115.